The molecule has 0 aromatic heterocycles. The molecule has 0 fully saturated rings. The van der Waals surface area contributed by atoms with Crippen molar-refractivity contribution < 1.29 is 19.7 Å². The molecule has 0 radical (unpaired) electrons. The molecule has 4 nitrogen and oxygen atoms in total. The molecule has 2 N–H and O–H groups in total. The number of rotatable bonds is 7. The van der Waals surface area contributed by atoms with Gasteiger partial charge in [0.15, 0.2) is 0 Å². The van der Waals surface area contributed by atoms with Crippen LogP contribution >= 0.6 is 11.6 Å². The van der Waals surface area contributed by atoms with E-state index in [4.69, 9.17) is 31.3 Å². The molecule has 0 amide bonds. The zero-order valence-electron chi connectivity index (χ0n) is 8.86. The second-order valence-electron chi connectivity index (χ2n) is 3.07. The first-order chi connectivity index (χ1) is 7.79. The molecule has 0 atom stereocenters. The van der Waals surface area contributed by atoms with Crippen LogP contribution < -0.4 is 4.74 Å². The lowest BCUT2D eigenvalue weighted by molar-refractivity contribution is 0.0700. The maximum absolute atomic E-state index is 9.08. The number of benzene rings is 1. The SMILES string of the molecule is OCCOCCOc1c(Cl)cccc1CO. The van der Waals surface area contributed by atoms with Crippen LogP contribution in [0.3, 0.4) is 0 Å². The summed E-state index contributed by atoms with van der Waals surface area (Å²) in [6, 6.07) is 5.20. The molecule has 1 aromatic carbocycles. The number of para-hydroxylation sites is 1. The third-order valence-corrected chi connectivity index (χ3v) is 2.23. The Labute approximate surface area is 99.4 Å². The van der Waals surface area contributed by atoms with Gasteiger partial charge in [0, 0.05) is 5.56 Å². The first kappa shape index (κ1) is 13.3. The molecular weight excluding hydrogens is 232 g/mol. The van der Waals surface area contributed by atoms with Crippen molar-refractivity contribution in [3.8, 4) is 5.75 Å². The number of hydrogen-bond donors (Lipinski definition) is 2. The molecule has 0 spiro atoms. The van der Waals surface area contributed by atoms with E-state index in [1.807, 2.05) is 0 Å². The Bertz CT molecular complexity index is 317. The fourth-order valence-corrected chi connectivity index (χ4v) is 1.46. The van der Waals surface area contributed by atoms with Gasteiger partial charge in [0.05, 0.1) is 31.5 Å². The van der Waals surface area contributed by atoms with Gasteiger partial charge in [-0.15, -0.1) is 0 Å². The largest absolute Gasteiger partial charge is 0.489 e. The molecule has 0 aliphatic heterocycles. The van der Waals surface area contributed by atoms with Crippen molar-refractivity contribution in [1.82, 2.24) is 0 Å². The fraction of sp³-hybridized carbons (Fsp3) is 0.455. The van der Waals surface area contributed by atoms with Crippen molar-refractivity contribution in [3.63, 3.8) is 0 Å². The summed E-state index contributed by atoms with van der Waals surface area (Å²) in [7, 11) is 0. The second kappa shape index (κ2) is 7.46. The molecule has 16 heavy (non-hydrogen) atoms. The van der Waals surface area contributed by atoms with Crippen LogP contribution in [0.15, 0.2) is 18.2 Å². The molecule has 0 aliphatic rings. The molecule has 0 unspecified atom stereocenters. The minimum absolute atomic E-state index is 0.00597. The zero-order valence-corrected chi connectivity index (χ0v) is 9.61. The van der Waals surface area contributed by atoms with E-state index in [1.165, 1.54) is 0 Å². The summed E-state index contributed by atoms with van der Waals surface area (Å²) in [6.07, 6.45) is 0. The number of aliphatic hydroxyl groups is 2. The molecule has 5 heteroatoms. The van der Waals surface area contributed by atoms with Crippen LogP contribution in [0, 0.1) is 0 Å². The Morgan fingerprint density at radius 1 is 1.12 bits per heavy atom. The van der Waals surface area contributed by atoms with Gasteiger partial charge in [0.2, 0.25) is 0 Å². The molecule has 1 aromatic rings. The van der Waals surface area contributed by atoms with E-state index in [1.54, 1.807) is 18.2 Å². The third-order valence-electron chi connectivity index (χ3n) is 1.93. The molecule has 0 heterocycles. The van der Waals surface area contributed by atoms with Crippen LogP contribution in [0.5, 0.6) is 5.75 Å². The quantitative estimate of drug-likeness (QED) is 0.711. The van der Waals surface area contributed by atoms with E-state index in [-0.39, 0.29) is 13.2 Å². The average Bonchev–Trinajstić information content (AvgIpc) is 2.30. The van der Waals surface area contributed by atoms with Crippen molar-refractivity contribution in [2.24, 2.45) is 0 Å². The first-order valence-electron chi connectivity index (χ1n) is 4.99. The van der Waals surface area contributed by atoms with Crippen LogP contribution in [-0.2, 0) is 11.3 Å². The van der Waals surface area contributed by atoms with Gasteiger partial charge < -0.3 is 19.7 Å². The molecule has 0 aliphatic carbocycles. The van der Waals surface area contributed by atoms with Gasteiger partial charge in [0.25, 0.3) is 0 Å². The molecule has 1 rings (SSSR count). The van der Waals surface area contributed by atoms with Gasteiger partial charge in [-0.3, -0.25) is 0 Å². The van der Waals surface area contributed by atoms with Crippen LogP contribution in [0.25, 0.3) is 0 Å². The highest BCUT2D eigenvalue weighted by Gasteiger charge is 2.07. The Hall–Kier alpha value is -0.810. The minimum Gasteiger partial charge on any atom is -0.489 e. The molecule has 0 bridgehead atoms. The number of aliphatic hydroxyl groups excluding tert-OH is 2. The Morgan fingerprint density at radius 2 is 1.94 bits per heavy atom. The Kier molecular flexibility index (Phi) is 6.18. The van der Waals surface area contributed by atoms with Gasteiger partial charge in [-0.05, 0) is 6.07 Å². The Balaban J connectivity index is 2.46. The van der Waals surface area contributed by atoms with Gasteiger partial charge in [0.1, 0.15) is 12.4 Å². The van der Waals surface area contributed by atoms with E-state index in [0.29, 0.717) is 36.2 Å². The van der Waals surface area contributed by atoms with Crippen molar-refractivity contribution in [2.45, 2.75) is 6.61 Å². The van der Waals surface area contributed by atoms with Crippen LogP contribution in [0.2, 0.25) is 5.02 Å². The highest BCUT2D eigenvalue weighted by atomic mass is 35.5. The van der Waals surface area contributed by atoms with Crippen LogP contribution in [0.1, 0.15) is 5.56 Å². The van der Waals surface area contributed by atoms with Crippen molar-refractivity contribution in [1.29, 1.82) is 0 Å². The Morgan fingerprint density at radius 3 is 2.62 bits per heavy atom. The van der Waals surface area contributed by atoms with Crippen LogP contribution in [-0.4, -0.2) is 36.6 Å². The summed E-state index contributed by atoms with van der Waals surface area (Å²) < 4.78 is 10.4. The maximum atomic E-state index is 9.08. The van der Waals surface area contributed by atoms with Crippen molar-refractivity contribution in [2.75, 3.05) is 26.4 Å². The minimum atomic E-state index is -0.118. The van der Waals surface area contributed by atoms with Crippen LogP contribution in [0.4, 0.5) is 0 Å². The predicted octanol–water partition coefficient (Wildman–Crippen LogP) is 1.22. The summed E-state index contributed by atoms with van der Waals surface area (Å²) in [6.45, 7) is 0.869. The predicted molar refractivity (Wildman–Crippen MR) is 60.8 cm³/mol. The van der Waals surface area contributed by atoms with Gasteiger partial charge in [-0.25, -0.2) is 0 Å². The lowest BCUT2D eigenvalue weighted by Gasteiger charge is -2.11. The number of hydrogen-bond acceptors (Lipinski definition) is 4. The van der Waals surface area contributed by atoms with E-state index in [9.17, 15) is 0 Å². The van der Waals surface area contributed by atoms with Gasteiger partial charge in [-0.1, -0.05) is 23.7 Å². The summed E-state index contributed by atoms with van der Waals surface area (Å²) in [5.74, 6) is 0.485. The lowest BCUT2D eigenvalue weighted by Crippen LogP contribution is -2.10. The summed E-state index contributed by atoms with van der Waals surface area (Å²) in [4.78, 5) is 0. The normalized spacial score (nSPS) is 10.4. The van der Waals surface area contributed by atoms with Crippen molar-refractivity contribution in [3.05, 3.63) is 28.8 Å². The number of ether oxygens (including phenoxy) is 2. The second-order valence-corrected chi connectivity index (χ2v) is 3.48. The van der Waals surface area contributed by atoms with Gasteiger partial charge >= 0.3 is 0 Å². The lowest BCUT2D eigenvalue weighted by atomic mass is 10.2. The molecule has 0 saturated heterocycles. The van der Waals surface area contributed by atoms with E-state index in [2.05, 4.69) is 0 Å². The van der Waals surface area contributed by atoms with E-state index >= 15 is 0 Å². The average molecular weight is 247 g/mol. The van der Waals surface area contributed by atoms with Crippen molar-refractivity contribution >= 4 is 11.6 Å². The topological polar surface area (TPSA) is 58.9 Å². The third kappa shape index (κ3) is 3.98. The summed E-state index contributed by atoms with van der Waals surface area (Å²) in [5.41, 5.74) is 0.648. The molecular formula is C11H15ClO4. The van der Waals surface area contributed by atoms with Gasteiger partial charge in [-0.2, -0.15) is 0 Å². The first-order valence-corrected chi connectivity index (χ1v) is 5.37. The highest BCUT2D eigenvalue weighted by Crippen LogP contribution is 2.28. The maximum Gasteiger partial charge on any atom is 0.143 e. The molecule has 90 valence electrons. The standard InChI is InChI=1S/C11H15ClO4/c12-10-3-1-2-9(8-14)11(10)16-7-6-15-5-4-13/h1-3,13-14H,4-8H2. The summed E-state index contributed by atoms with van der Waals surface area (Å²) in [5, 5.41) is 18.0. The highest BCUT2D eigenvalue weighted by molar-refractivity contribution is 6.32. The van der Waals surface area contributed by atoms with E-state index in [0.717, 1.165) is 0 Å². The zero-order chi connectivity index (χ0) is 11.8. The van der Waals surface area contributed by atoms with E-state index < -0.39 is 0 Å². The monoisotopic (exact) mass is 246 g/mol. The summed E-state index contributed by atoms with van der Waals surface area (Å²) >= 11 is 5.93. The number of halogens is 1. The smallest absolute Gasteiger partial charge is 0.143 e. The molecule has 0 saturated carbocycles. The fourth-order valence-electron chi connectivity index (χ4n) is 1.21.